The van der Waals surface area contributed by atoms with Gasteiger partial charge in [0.2, 0.25) is 0 Å². The molecule has 4 heteroatoms. The van der Waals surface area contributed by atoms with Gasteiger partial charge >= 0.3 is 0 Å². The molecule has 4 N–H and O–H groups in total. The highest BCUT2D eigenvalue weighted by Crippen LogP contribution is 2.13. The molecule has 0 aromatic rings. The number of unbranched alkanes of at least 4 members (excludes halogenated alkanes) is 9. The third kappa shape index (κ3) is 22.5. The molecular weight excluding hydrogens is 339 g/mol. The van der Waals surface area contributed by atoms with E-state index in [9.17, 15) is 0 Å². The largest absolute Gasteiger partial charge is 0.328 e. The Morgan fingerprint density at radius 3 is 0.958 bits per heavy atom. The van der Waals surface area contributed by atoms with E-state index in [1.165, 1.54) is 103 Å². The first kappa shape index (κ1) is 29.3. The predicted molar refractivity (Wildman–Crippen MR) is 116 cm³/mol. The highest BCUT2D eigenvalue weighted by atomic mass is 35.5. The summed E-state index contributed by atoms with van der Waals surface area (Å²) in [5.41, 5.74) is 12.4. The van der Waals surface area contributed by atoms with Gasteiger partial charge in [0, 0.05) is 12.1 Å². The molecule has 0 aliphatic rings. The van der Waals surface area contributed by atoms with Crippen molar-refractivity contribution in [3.8, 4) is 0 Å². The maximum Gasteiger partial charge on any atom is 0.00388 e. The highest BCUT2D eigenvalue weighted by Gasteiger charge is 2.04. The van der Waals surface area contributed by atoms with Crippen molar-refractivity contribution in [3.05, 3.63) is 0 Å². The molecule has 0 heterocycles. The first-order chi connectivity index (χ1) is 10.7. The van der Waals surface area contributed by atoms with E-state index in [0.717, 1.165) is 0 Å². The molecule has 0 aliphatic carbocycles. The summed E-state index contributed by atoms with van der Waals surface area (Å²) in [5, 5.41) is 0. The number of nitrogens with two attached hydrogens (primary N) is 2. The zero-order chi connectivity index (χ0) is 16.5. The van der Waals surface area contributed by atoms with Crippen molar-refractivity contribution in [3.63, 3.8) is 0 Å². The second-order valence-corrected chi connectivity index (χ2v) is 7.21. The van der Waals surface area contributed by atoms with Crippen molar-refractivity contribution in [2.75, 3.05) is 0 Å². The molecule has 0 amide bonds. The van der Waals surface area contributed by atoms with Gasteiger partial charge in [-0.05, 0) is 25.7 Å². The van der Waals surface area contributed by atoms with E-state index in [1.54, 1.807) is 0 Å². The van der Waals surface area contributed by atoms with Gasteiger partial charge in [0.1, 0.15) is 0 Å². The van der Waals surface area contributed by atoms with Crippen LogP contribution in [0.15, 0.2) is 0 Å². The van der Waals surface area contributed by atoms with Crippen LogP contribution in [0.5, 0.6) is 0 Å². The molecule has 150 valence electrons. The fourth-order valence-electron chi connectivity index (χ4n) is 3.12. The summed E-state index contributed by atoms with van der Waals surface area (Å²) in [4.78, 5) is 0. The van der Waals surface area contributed by atoms with E-state index in [2.05, 4.69) is 13.8 Å². The van der Waals surface area contributed by atoms with Gasteiger partial charge in [-0.2, -0.15) is 0 Å². The summed E-state index contributed by atoms with van der Waals surface area (Å²) in [6, 6.07) is 0.885. The molecule has 2 nitrogen and oxygen atoms in total. The van der Waals surface area contributed by atoms with E-state index in [0.29, 0.717) is 12.1 Å². The number of hydrogen-bond acceptors (Lipinski definition) is 2. The Morgan fingerprint density at radius 2 is 0.708 bits per heavy atom. The summed E-state index contributed by atoms with van der Waals surface area (Å²) in [6.45, 7) is 4.52. The molecule has 24 heavy (non-hydrogen) atoms. The molecule has 0 bridgehead atoms. The minimum absolute atomic E-state index is 0. The molecule has 0 saturated heterocycles. The smallest absolute Gasteiger partial charge is 0.00388 e. The zero-order valence-electron chi connectivity index (χ0n) is 16.4. The van der Waals surface area contributed by atoms with E-state index in [4.69, 9.17) is 11.5 Å². The van der Waals surface area contributed by atoms with Crippen LogP contribution in [0.25, 0.3) is 0 Å². The second-order valence-electron chi connectivity index (χ2n) is 7.21. The average molecular weight is 386 g/mol. The van der Waals surface area contributed by atoms with Crippen molar-refractivity contribution in [2.45, 2.75) is 129 Å². The van der Waals surface area contributed by atoms with Gasteiger partial charge in [-0.3, -0.25) is 0 Å². The van der Waals surface area contributed by atoms with Crippen LogP contribution in [0.1, 0.15) is 117 Å². The van der Waals surface area contributed by atoms with Crippen LogP contribution >= 0.6 is 24.8 Å². The monoisotopic (exact) mass is 384 g/mol. The maximum atomic E-state index is 6.18. The fraction of sp³-hybridized carbons (Fsp3) is 1.00. The van der Waals surface area contributed by atoms with Gasteiger partial charge in [-0.1, -0.05) is 90.9 Å². The van der Waals surface area contributed by atoms with Crippen LogP contribution in [0.4, 0.5) is 0 Å². The van der Waals surface area contributed by atoms with Crippen molar-refractivity contribution in [2.24, 2.45) is 11.5 Å². The van der Waals surface area contributed by atoms with E-state index in [-0.39, 0.29) is 24.8 Å². The summed E-state index contributed by atoms with van der Waals surface area (Å²) in [7, 11) is 0. The quantitative estimate of drug-likeness (QED) is 0.272. The van der Waals surface area contributed by atoms with Crippen molar-refractivity contribution < 1.29 is 0 Å². The van der Waals surface area contributed by atoms with E-state index in [1.807, 2.05) is 0 Å². The van der Waals surface area contributed by atoms with Crippen LogP contribution in [0.2, 0.25) is 0 Å². The predicted octanol–water partition coefficient (Wildman–Crippen LogP) is 6.77. The van der Waals surface area contributed by atoms with Crippen LogP contribution in [0, 0.1) is 0 Å². The van der Waals surface area contributed by atoms with Crippen molar-refractivity contribution in [1.29, 1.82) is 0 Å². The Hall–Kier alpha value is 0.500. The molecule has 2 unspecified atom stereocenters. The Kier molecular flexibility index (Phi) is 28.7. The van der Waals surface area contributed by atoms with Crippen molar-refractivity contribution >= 4 is 24.8 Å². The molecule has 0 spiro atoms. The fourth-order valence-corrected chi connectivity index (χ4v) is 3.12. The Morgan fingerprint density at radius 1 is 0.458 bits per heavy atom. The zero-order valence-corrected chi connectivity index (χ0v) is 18.1. The highest BCUT2D eigenvalue weighted by molar-refractivity contribution is 5.85. The molecule has 0 radical (unpaired) electrons. The van der Waals surface area contributed by atoms with Crippen LogP contribution in [0.3, 0.4) is 0 Å². The summed E-state index contributed by atoms with van der Waals surface area (Å²) in [5.74, 6) is 0. The van der Waals surface area contributed by atoms with Gasteiger partial charge in [0.05, 0.1) is 0 Å². The summed E-state index contributed by atoms with van der Waals surface area (Å²) < 4.78 is 0. The average Bonchev–Trinajstić information content (AvgIpc) is 2.51. The first-order valence-corrected chi connectivity index (χ1v) is 10.2. The van der Waals surface area contributed by atoms with Crippen LogP contribution in [-0.2, 0) is 0 Å². The second kappa shape index (κ2) is 23.5. The Labute approximate surface area is 165 Å². The molecule has 0 saturated carbocycles. The minimum atomic E-state index is 0. The van der Waals surface area contributed by atoms with Gasteiger partial charge in [0.15, 0.2) is 0 Å². The lowest BCUT2D eigenvalue weighted by molar-refractivity contribution is 0.468. The molecule has 0 aliphatic heterocycles. The van der Waals surface area contributed by atoms with Gasteiger partial charge < -0.3 is 11.5 Å². The molecule has 2 atom stereocenters. The summed E-state index contributed by atoms with van der Waals surface area (Å²) >= 11 is 0. The number of halogens is 2. The van der Waals surface area contributed by atoms with Crippen molar-refractivity contribution in [1.82, 2.24) is 0 Å². The minimum Gasteiger partial charge on any atom is -0.328 e. The lowest BCUT2D eigenvalue weighted by Gasteiger charge is -2.12. The van der Waals surface area contributed by atoms with Crippen LogP contribution in [-0.4, -0.2) is 12.1 Å². The molecular formula is C20H46Cl2N2. The maximum absolute atomic E-state index is 6.18. The molecule has 0 rings (SSSR count). The standard InChI is InChI=1S/C20H44N2.2ClH/c1-3-5-7-11-15-19(21)17-13-9-10-14-18-20(22)16-12-8-6-4-2;;/h19-20H,3-18,21-22H2,1-2H3;2*1H. The van der Waals surface area contributed by atoms with Crippen LogP contribution < -0.4 is 11.5 Å². The normalized spacial score (nSPS) is 13.0. The van der Waals surface area contributed by atoms with Gasteiger partial charge in [-0.15, -0.1) is 24.8 Å². The first-order valence-electron chi connectivity index (χ1n) is 10.2. The lowest BCUT2D eigenvalue weighted by atomic mass is 9.99. The van der Waals surface area contributed by atoms with E-state index >= 15 is 0 Å². The molecule has 0 aromatic carbocycles. The van der Waals surface area contributed by atoms with Gasteiger partial charge in [-0.25, -0.2) is 0 Å². The topological polar surface area (TPSA) is 52.0 Å². The lowest BCUT2D eigenvalue weighted by Crippen LogP contribution is -2.20. The molecule has 0 fully saturated rings. The Balaban J connectivity index is -0.00000220. The Bertz CT molecular complexity index is 194. The third-order valence-electron chi connectivity index (χ3n) is 4.76. The van der Waals surface area contributed by atoms with Gasteiger partial charge in [0.25, 0.3) is 0 Å². The number of rotatable bonds is 17. The number of hydrogen-bond donors (Lipinski definition) is 2. The molecule has 0 aromatic heterocycles. The van der Waals surface area contributed by atoms with E-state index < -0.39 is 0 Å². The third-order valence-corrected chi connectivity index (χ3v) is 4.76. The SMILES string of the molecule is CCCCCCC(N)CCCCCCC(N)CCCCCC.Cl.Cl. The summed E-state index contributed by atoms with van der Waals surface area (Å²) in [6.07, 6.45) is 20.9.